The van der Waals surface area contributed by atoms with Crippen LogP contribution in [0.25, 0.3) is 27.7 Å². The van der Waals surface area contributed by atoms with Crippen LogP contribution in [-0.4, -0.2) is 20.0 Å². The van der Waals surface area contributed by atoms with Crippen molar-refractivity contribution in [3.05, 3.63) is 66.1 Å². The van der Waals surface area contributed by atoms with Gasteiger partial charge in [-0.1, -0.05) is 23.7 Å². The number of fused-ring (bicyclic) bond motifs is 1. The van der Waals surface area contributed by atoms with Crippen LogP contribution in [0.5, 0.6) is 0 Å². The summed E-state index contributed by atoms with van der Waals surface area (Å²) in [5.74, 6) is 0. The molecule has 5 heteroatoms. The van der Waals surface area contributed by atoms with Gasteiger partial charge in [-0.25, -0.2) is 4.68 Å². The Kier molecular flexibility index (Phi) is 2.66. The van der Waals surface area contributed by atoms with Crippen LogP contribution >= 0.6 is 11.6 Å². The van der Waals surface area contributed by atoms with E-state index in [1.54, 1.807) is 23.1 Å². The van der Waals surface area contributed by atoms with E-state index in [-0.39, 0.29) is 0 Å². The zero-order valence-corrected chi connectivity index (χ0v) is 11.6. The molecule has 100 valence electrons. The van der Waals surface area contributed by atoms with Crippen LogP contribution in [0.2, 0.25) is 5.02 Å². The molecule has 2 heterocycles. The molecule has 0 saturated carbocycles. The summed E-state index contributed by atoms with van der Waals surface area (Å²) in [5.41, 5.74) is 3.72. The molecule has 1 N–H and O–H groups in total. The van der Waals surface area contributed by atoms with Crippen LogP contribution < -0.4 is 0 Å². The van der Waals surface area contributed by atoms with Gasteiger partial charge in [-0.3, -0.25) is 5.10 Å². The highest BCUT2D eigenvalue weighted by Crippen LogP contribution is 2.31. The van der Waals surface area contributed by atoms with E-state index in [2.05, 4.69) is 27.4 Å². The molecule has 0 atom stereocenters. The minimum Gasteiger partial charge on any atom is -0.278 e. The third-order valence-corrected chi connectivity index (χ3v) is 3.52. The maximum Gasteiger partial charge on any atom is 0.115 e. The summed E-state index contributed by atoms with van der Waals surface area (Å²) in [7, 11) is 0. The molecular formula is C16H9ClN4. The molecule has 0 aliphatic heterocycles. The summed E-state index contributed by atoms with van der Waals surface area (Å²) in [6.45, 7) is 0. The van der Waals surface area contributed by atoms with E-state index in [9.17, 15) is 0 Å². The van der Waals surface area contributed by atoms with Gasteiger partial charge in [-0.05, 0) is 35.9 Å². The third kappa shape index (κ3) is 2.04. The number of halogens is 1. The normalized spacial score (nSPS) is 10.7. The van der Waals surface area contributed by atoms with E-state index in [1.165, 1.54) is 0 Å². The van der Waals surface area contributed by atoms with Crippen molar-refractivity contribution < 1.29 is 0 Å². The molecule has 2 aromatic carbocycles. The maximum absolute atomic E-state index is 6.17. The highest BCUT2D eigenvalue weighted by molar-refractivity contribution is 6.31. The van der Waals surface area contributed by atoms with E-state index in [0.717, 1.165) is 27.7 Å². The SMILES string of the molecule is Clc1cc(-c2cnn(-c3c#cccc3)c2)c2cn[nH]c2c1. The van der Waals surface area contributed by atoms with Crippen molar-refractivity contribution in [3.8, 4) is 16.8 Å². The summed E-state index contributed by atoms with van der Waals surface area (Å²) in [6.07, 6.45) is 5.54. The van der Waals surface area contributed by atoms with Gasteiger partial charge in [0.05, 0.1) is 17.9 Å². The van der Waals surface area contributed by atoms with E-state index >= 15 is 0 Å². The maximum atomic E-state index is 6.17. The zero-order valence-electron chi connectivity index (χ0n) is 10.8. The minimum absolute atomic E-state index is 0.661. The summed E-state index contributed by atoms with van der Waals surface area (Å²) < 4.78 is 1.76. The summed E-state index contributed by atoms with van der Waals surface area (Å²) in [4.78, 5) is 0. The van der Waals surface area contributed by atoms with Gasteiger partial charge in [0.15, 0.2) is 0 Å². The molecule has 4 nitrogen and oxygen atoms in total. The van der Waals surface area contributed by atoms with Gasteiger partial charge in [0.1, 0.15) is 5.69 Å². The molecule has 2 aromatic heterocycles. The monoisotopic (exact) mass is 292 g/mol. The molecule has 0 radical (unpaired) electrons. The van der Waals surface area contributed by atoms with Crippen molar-refractivity contribution in [1.29, 1.82) is 0 Å². The van der Waals surface area contributed by atoms with Crippen LogP contribution in [0.15, 0.2) is 48.9 Å². The molecule has 0 bridgehead atoms. The number of nitrogens with one attached hydrogen (secondary N) is 1. The molecule has 0 aliphatic carbocycles. The Hall–Kier alpha value is -2.77. The lowest BCUT2D eigenvalue weighted by molar-refractivity contribution is 0.881. The number of hydrogen-bond acceptors (Lipinski definition) is 2. The van der Waals surface area contributed by atoms with Gasteiger partial charge < -0.3 is 0 Å². The van der Waals surface area contributed by atoms with E-state index in [1.807, 2.05) is 30.5 Å². The van der Waals surface area contributed by atoms with E-state index in [0.29, 0.717) is 5.02 Å². The van der Waals surface area contributed by atoms with Crippen molar-refractivity contribution in [2.24, 2.45) is 0 Å². The Morgan fingerprint density at radius 1 is 1.24 bits per heavy atom. The number of nitrogens with zero attached hydrogens (tertiary/aromatic N) is 3. The molecule has 0 saturated heterocycles. The Balaban J connectivity index is 1.87. The van der Waals surface area contributed by atoms with Gasteiger partial charge in [-0.15, -0.1) is 0 Å². The fraction of sp³-hybridized carbons (Fsp3) is 0. The summed E-state index contributed by atoms with van der Waals surface area (Å²) in [6, 6.07) is 15.4. The summed E-state index contributed by atoms with van der Waals surface area (Å²) in [5, 5.41) is 13.1. The van der Waals surface area contributed by atoms with Crippen LogP contribution in [-0.2, 0) is 0 Å². The first-order valence-corrected chi connectivity index (χ1v) is 6.75. The smallest absolute Gasteiger partial charge is 0.115 e. The first-order chi connectivity index (χ1) is 10.3. The van der Waals surface area contributed by atoms with Crippen LogP contribution in [0.4, 0.5) is 0 Å². The number of H-pyrrole nitrogens is 1. The number of benzene rings is 1. The predicted molar refractivity (Wildman–Crippen MR) is 81.3 cm³/mol. The summed E-state index contributed by atoms with van der Waals surface area (Å²) >= 11 is 6.17. The van der Waals surface area contributed by atoms with Gasteiger partial charge in [-0.2, -0.15) is 10.2 Å². The Morgan fingerprint density at radius 3 is 3.05 bits per heavy atom. The van der Waals surface area contributed by atoms with Crippen molar-refractivity contribution in [2.45, 2.75) is 0 Å². The number of aromatic nitrogens is 4. The Bertz CT molecular complexity index is 908. The molecule has 0 unspecified atom stereocenters. The lowest BCUT2D eigenvalue weighted by atomic mass is 10.1. The molecule has 4 rings (SSSR count). The number of hydrogen-bond donors (Lipinski definition) is 1. The van der Waals surface area contributed by atoms with Crippen LogP contribution in [0, 0.1) is 12.1 Å². The quantitative estimate of drug-likeness (QED) is 0.613. The predicted octanol–water partition coefficient (Wildman–Crippen LogP) is 3.67. The third-order valence-electron chi connectivity index (χ3n) is 3.30. The Morgan fingerprint density at radius 2 is 2.19 bits per heavy atom. The van der Waals surface area contributed by atoms with Gasteiger partial charge in [0.2, 0.25) is 0 Å². The highest BCUT2D eigenvalue weighted by atomic mass is 35.5. The van der Waals surface area contributed by atoms with Gasteiger partial charge in [0, 0.05) is 22.2 Å². The molecule has 0 spiro atoms. The first kappa shape index (κ1) is 12.0. The number of aromatic amines is 1. The lowest BCUT2D eigenvalue weighted by Crippen LogP contribution is -1.91. The second kappa shape index (κ2) is 4.65. The zero-order chi connectivity index (χ0) is 14.2. The standard InChI is InChI=1S/C16H9ClN4/c17-12-6-14(15-9-18-20-16(15)7-12)11-8-19-21(10-11)13-4-2-1-3-5-13/h1-2,4,6-10H,(H,18,20). The molecule has 21 heavy (non-hydrogen) atoms. The molecule has 0 aliphatic rings. The minimum atomic E-state index is 0.661. The largest absolute Gasteiger partial charge is 0.278 e. The molecule has 0 fully saturated rings. The van der Waals surface area contributed by atoms with Gasteiger partial charge in [0.25, 0.3) is 0 Å². The fourth-order valence-corrected chi connectivity index (χ4v) is 2.54. The average Bonchev–Trinajstić information content (AvgIpc) is 3.16. The van der Waals surface area contributed by atoms with E-state index < -0.39 is 0 Å². The number of rotatable bonds is 2. The van der Waals surface area contributed by atoms with Gasteiger partial charge >= 0.3 is 0 Å². The fourth-order valence-electron chi connectivity index (χ4n) is 2.33. The van der Waals surface area contributed by atoms with Crippen molar-refractivity contribution in [3.63, 3.8) is 0 Å². The van der Waals surface area contributed by atoms with Crippen LogP contribution in [0.3, 0.4) is 0 Å². The Labute approximate surface area is 126 Å². The second-order valence-electron chi connectivity index (χ2n) is 4.64. The first-order valence-electron chi connectivity index (χ1n) is 6.38. The van der Waals surface area contributed by atoms with Crippen molar-refractivity contribution in [1.82, 2.24) is 20.0 Å². The lowest BCUT2D eigenvalue weighted by Gasteiger charge is -2.01. The van der Waals surface area contributed by atoms with Crippen molar-refractivity contribution >= 4 is 22.5 Å². The molecule has 0 amide bonds. The highest BCUT2D eigenvalue weighted by Gasteiger charge is 2.10. The van der Waals surface area contributed by atoms with Crippen LogP contribution in [0.1, 0.15) is 0 Å². The molecular weight excluding hydrogens is 284 g/mol. The average molecular weight is 293 g/mol. The topological polar surface area (TPSA) is 46.5 Å². The molecule has 4 aromatic rings. The van der Waals surface area contributed by atoms with Crippen molar-refractivity contribution in [2.75, 3.05) is 0 Å². The second-order valence-corrected chi connectivity index (χ2v) is 5.07. The van der Waals surface area contributed by atoms with E-state index in [4.69, 9.17) is 11.6 Å².